The van der Waals surface area contributed by atoms with Crippen molar-refractivity contribution in [3.8, 4) is 11.4 Å². The van der Waals surface area contributed by atoms with Crippen molar-refractivity contribution in [2.75, 3.05) is 5.32 Å². The van der Waals surface area contributed by atoms with Crippen LogP contribution >= 0.6 is 12.2 Å². The summed E-state index contributed by atoms with van der Waals surface area (Å²) in [6, 6.07) is 13.8. The number of nitrogens with zero attached hydrogens (tertiary/aromatic N) is 2. The molecule has 1 aromatic heterocycles. The van der Waals surface area contributed by atoms with Gasteiger partial charge >= 0.3 is 0 Å². The van der Waals surface area contributed by atoms with Crippen molar-refractivity contribution in [2.45, 2.75) is 44.7 Å². The third kappa shape index (κ3) is 5.87. The van der Waals surface area contributed by atoms with Gasteiger partial charge < -0.3 is 5.32 Å². The molecule has 3 rings (SSSR count). The number of aromatic nitrogens is 3. The molecule has 0 radical (unpaired) electrons. The maximum atomic E-state index is 12.7. The summed E-state index contributed by atoms with van der Waals surface area (Å²) in [5.41, 5.74) is 1.68. The highest BCUT2D eigenvalue weighted by Gasteiger charge is 2.22. The lowest BCUT2D eigenvalue weighted by molar-refractivity contribution is -0.116. The van der Waals surface area contributed by atoms with Gasteiger partial charge in [-0.25, -0.2) is 13.1 Å². The zero-order valence-corrected chi connectivity index (χ0v) is 19.4. The predicted octanol–water partition coefficient (Wildman–Crippen LogP) is 3.63. The van der Waals surface area contributed by atoms with Crippen LogP contribution < -0.4 is 10.0 Å². The molecule has 164 valence electrons. The van der Waals surface area contributed by atoms with Gasteiger partial charge in [0, 0.05) is 16.8 Å². The molecule has 0 saturated heterocycles. The molecule has 0 unspecified atom stereocenters. The van der Waals surface area contributed by atoms with Crippen LogP contribution in [0.2, 0.25) is 0 Å². The zero-order chi connectivity index (χ0) is 22.8. The normalized spacial score (nSPS) is 12.0. The second-order valence-corrected chi connectivity index (χ2v) is 10.3. The van der Waals surface area contributed by atoms with E-state index in [1.165, 1.54) is 12.1 Å². The van der Waals surface area contributed by atoms with Crippen molar-refractivity contribution < 1.29 is 13.2 Å². The highest BCUT2D eigenvalue weighted by molar-refractivity contribution is 7.89. The van der Waals surface area contributed by atoms with E-state index < -0.39 is 15.6 Å². The second kappa shape index (κ2) is 8.74. The number of anilines is 1. The van der Waals surface area contributed by atoms with Crippen LogP contribution in [0.15, 0.2) is 53.4 Å². The van der Waals surface area contributed by atoms with Crippen molar-refractivity contribution in [1.29, 1.82) is 0 Å². The molecule has 0 spiro atoms. The van der Waals surface area contributed by atoms with E-state index >= 15 is 0 Å². The van der Waals surface area contributed by atoms with Crippen LogP contribution in [0, 0.1) is 11.7 Å². The summed E-state index contributed by atoms with van der Waals surface area (Å²) >= 11 is 5.28. The number of amides is 1. The largest absolute Gasteiger partial charge is 0.324 e. The van der Waals surface area contributed by atoms with Crippen LogP contribution in [-0.4, -0.2) is 34.6 Å². The summed E-state index contributed by atoms with van der Waals surface area (Å²) in [4.78, 5) is 12.7. The fourth-order valence-corrected chi connectivity index (χ4v) is 4.60. The first kappa shape index (κ1) is 22.9. The van der Waals surface area contributed by atoms with E-state index in [0.717, 1.165) is 11.1 Å². The smallest absolute Gasteiger partial charge is 0.244 e. The molecule has 10 heteroatoms. The summed E-state index contributed by atoms with van der Waals surface area (Å²) < 4.78 is 29.6. The number of aryl methyl sites for hydroxylation is 1. The molecule has 1 heterocycles. The number of carbonyl (C=O) groups excluding carboxylic acids is 1. The van der Waals surface area contributed by atoms with Crippen LogP contribution in [0.4, 0.5) is 5.69 Å². The van der Waals surface area contributed by atoms with Crippen LogP contribution in [0.3, 0.4) is 0 Å². The Morgan fingerprint density at radius 3 is 2.48 bits per heavy atom. The predicted molar refractivity (Wildman–Crippen MR) is 123 cm³/mol. The number of H-pyrrole nitrogens is 1. The van der Waals surface area contributed by atoms with Crippen LogP contribution in [0.25, 0.3) is 11.4 Å². The van der Waals surface area contributed by atoms with E-state index in [9.17, 15) is 13.2 Å². The Bertz CT molecular complexity index is 1250. The Kier molecular flexibility index (Phi) is 6.44. The van der Waals surface area contributed by atoms with Gasteiger partial charge in [0.25, 0.3) is 0 Å². The van der Waals surface area contributed by atoms with Gasteiger partial charge in [-0.3, -0.25) is 14.5 Å². The Balaban J connectivity index is 1.79. The quantitative estimate of drug-likeness (QED) is 0.488. The van der Waals surface area contributed by atoms with Crippen LogP contribution in [-0.2, 0) is 21.4 Å². The van der Waals surface area contributed by atoms with Crippen molar-refractivity contribution in [3.05, 3.63) is 58.9 Å². The Morgan fingerprint density at radius 1 is 1.16 bits per heavy atom. The number of hydrogen-bond donors (Lipinski definition) is 3. The van der Waals surface area contributed by atoms with Crippen molar-refractivity contribution in [1.82, 2.24) is 19.5 Å². The van der Waals surface area contributed by atoms with E-state index in [1.807, 2.05) is 31.2 Å². The van der Waals surface area contributed by atoms with E-state index in [0.29, 0.717) is 16.3 Å². The third-order valence-corrected chi connectivity index (χ3v) is 6.31. The number of sulfonamides is 1. The van der Waals surface area contributed by atoms with Gasteiger partial charge in [0.1, 0.15) is 6.54 Å². The monoisotopic (exact) mass is 459 g/mol. The summed E-state index contributed by atoms with van der Waals surface area (Å²) in [5.74, 6) is 0.190. The second-order valence-electron chi connectivity index (χ2n) is 8.24. The van der Waals surface area contributed by atoms with Crippen molar-refractivity contribution in [2.24, 2.45) is 0 Å². The minimum atomic E-state index is -3.72. The maximum absolute atomic E-state index is 12.7. The molecule has 0 atom stereocenters. The molecule has 31 heavy (non-hydrogen) atoms. The zero-order valence-electron chi connectivity index (χ0n) is 17.8. The lowest BCUT2D eigenvalue weighted by Crippen LogP contribution is -2.40. The number of rotatable bonds is 6. The van der Waals surface area contributed by atoms with Gasteiger partial charge in [-0.1, -0.05) is 35.9 Å². The van der Waals surface area contributed by atoms with Gasteiger partial charge in [-0.05, 0) is 58.1 Å². The molecular weight excluding hydrogens is 434 g/mol. The van der Waals surface area contributed by atoms with Gasteiger partial charge in [0.05, 0.1) is 4.90 Å². The Labute approximate surface area is 186 Å². The molecule has 8 nitrogen and oxygen atoms in total. The molecule has 0 bridgehead atoms. The highest BCUT2D eigenvalue weighted by Crippen LogP contribution is 2.20. The number of hydrogen-bond acceptors (Lipinski definition) is 5. The van der Waals surface area contributed by atoms with Gasteiger partial charge in [0.2, 0.25) is 15.9 Å². The fourth-order valence-electron chi connectivity index (χ4n) is 2.93. The minimum absolute atomic E-state index is 0.0699. The first-order valence-corrected chi connectivity index (χ1v) is 11.5. The average molecular weight is 460 g/mol. The van der Waals surface area contributed by atoms with Gasteiger partial charge in [0.15, 0.2) is 10.6 Å². The topological polar surface area (TPSA) is 109 Å². The first-order valence-electron chi connectivity index (χ1n) is 9.61. The van der Waals surface area contributed by atoms with Crippen molar-refractivity contribution >= 4 is 33.8 Å². The van der Waals surface area contributed by atoms with E-state index in [1.54, 1.807) is 37.5 Å². The minimum Gasteiger partial charge on any atom is -0.324 e. The number of aromatic amines is 1. The molecule has 2 aromatic carbocycles. The summed E-state index contributed by atoms with van der Waals surface area (Å²) in [6.07, 6.45) is 0. The summed E-state index contributed by atoms with van der Waals surface area (Å²) in [5, 5.41) is 9.68. The average Bonchev–Trinajstić information content (AvgIpc) is 3.01. The first-order chi connectivity index (χ1) is 14.4. The molecule has 0 saturated carbocycles. The number of benzene rings is 2. The van der Waals surface area contributed by atoms with Gasteiger partial charge in [-0.2, -0.15) is 5.10 Å². The van der Waals surface area contributed by atoms with Crippen molar-refractivity contribution in [3.63, 3.8) is 0 Å². The number of nitrogens with one attached hydrogen (secondary N) is 3. The molecule has 0 aliphatic carbocycles. The van der Waals surface area contributed by atoms with E-state index in [-0.39, 0.29) is 17.3 Å². The lowest BCUT2D eigenvalue weighted by atomic mass is 10.1. The number of carbonyl (C=O) groups is 1. The van der Waals surface area contributed by atoms with Crippen LogP contribution in [0.5, 0.6) is 0 Å². The molecule has 3 N–H and O–H groups in total. The molecule has 0 aliphatic rings. The third-order valence-electron chi connectivity index (χ3n) is 4.24. The van der Waals surface area contributed by atoms with E-state index in [4.69, 9.17) is 12.2 Å². The molecule has 3 aromatic rings. The standard InChI is InChI=1S/C21H25N5O3S2/c1-14-8-10-15(11-9-14)19-23-24-20(30)26(19)13-18(27)22-16-6-5-7-17(12-16)31(28,29)25-21(2,3)4/h5-12,25H,13H2,1-4H3,(H,22,27)(H,24,30). The molecule has 0 fully saturated rings. The summed E-state index contributed by atoms with van der Waals surface area (Å²) in [6.45, 7) is 7.19. The van der Waals surface area contributed by atoms with E-state index in [2.05, 4.69) is 20.2 Å². The Hall–Kier alpha value is -2.82. The van der Waals surface area contributed by atoms with Gasteiger partial charge in [-0.15, -0.1) is 0 Å². The Morgan fingerprint density at radius 2 is 1.84 bits per heavy atom. The summed E-state index contributed by atoms with van der Waals surface area (Å²) in [7, 11) is -3.72. The maximum Gasteiger partial charge on any atom is 0.244 e. The molecular formula is C21H25N5O3S2. The lowest BCUT2D eigenvalue weighted by Gasteiger charge is -2.20. The SMILES string of the molecule is Cc1ccc(-c2n[nH]c(=S)n2CC(=O)Nc2cccc(S(=O)(=O)NC(C)(C)C)c2)cc1. The van der Waals surface area contributed by atoms with Crippen LogP contribution in [0.1, 0.15) is 26.3 Å². The fraction of sp³-hybridized carbons (Fsp3) is 0.286. The molecule has 1 amide bonds. The highest BCUT2D eigenvalue weighted by atomic mass is 32.2. The molecule has 0 aliphatic heterocycles.